The van der Waals surface area contributed by atoms with Gasteiger partial charge in [0.05, 0.1) is 4.90 Å². The molecule has 1 aliphatic carbocycles. The van der Waals surface area contributed by atoms with Crippen molar-refractivity contribution in [2.24, 2.45) is 4.40 Å². The Morgan fingerprint density at radius 3 is 2.37 bits per heavy atom. The average molecular weight is 534 g/mol. The molecule has 2 fully saturated rings. The van der Waals surface area contributed by atoms with Crippen LogP contribution in [0.2, 0.25) is 5.02 Å². The Bertz CT molecular complexity index is 1210. The van der Waals surface area contributed by atoms with E-state index in [-0.39, 0.29) is 34.3 Å². The number of benzene rings is 2. The highest BCUT2D eigenvalue weighted by atomic mass is 35.5. The lowest BCUT2D eigenvalue weighted by molar-refractivity contribution is -0.130. The summed E-state index contributed by atoms with van der Waals surface area (Å²) < 4.78 is 30.3. The number of aryl methyl sites for hydroxylation is 1. The molecule has 1 saturated carbocycles. The third-order valence-corrected chi connectivity index (χ3v) is 9.03. The predicted octanol–water partition coefficient (Wildman–Crippen LogP) is 5.25. The molecule has 1 N–H and O–H groups in total. The van der Waals surface area contributed by atoms with E-state index in [4.69, 9.17) is 11.6 Å². The number of hydrogen-bond donors (Lipinski definition) is 1. The van der Waals surface area contributed by atoms with Crippen LogP contribution in [0.1, 0.15) is 51.0 Å². The molecular formula is C25H28ClN3O4S2. The lowest BCUT2D eigenvalue weighted by atomic mass is 9.94. The molecule has 2 aromatic rings. The third-order valence-electron chi connectivity index (χ3n) is 6.23. The highest BCUT2D eigenvalue weighted by molar-refractivity contribution is 8.16. The molecule has 2 aromatic carbocycles. The molecule has 7 nitrogen and oxygen atoms in total. The lowest BCUT2D eigenvalue weighted by Crippen LogP contribution is -2.42. The van der Waals surface area contributed by atoms with Crippen LogP contribution in [0.5, 0.6) is 0 Å². The second-order valence-corrected chi connectivity index (χ2v) is 11.9. The third kappa shape index (κ3) is 6.26. The number of sulfonamides is 1. The first kappa shape index (κ1) is 25.7. The minimum Gasteiger partial charge on any atom is -0.326 e. The van der Waals surface area contributed by atoms with Crippen molar-refractivity contribution in [2.45, 2.75) is 68.1 Å². The van der Waals surface area contributed by atoms with Crippen LogP contribution >= 0.6 is 23.4 Å². The van der Waals surface area contributed by atoms with Gasteiger partial charge in [0.2, 0.25) is 11.8 Å². The Hall–Kier alpha value is -2.36. The molecule has 0 aromatic heterocycles. The van der Waals surface area contributed by atoms with Gasteiger partial charge in [0, 0.05) is 23.2 Å². The number of amidine groups is 1. The van der Waals surface area contributed by atoms with E-state index in [1.165, 1.54) is 4.90 Å². The molecule has 1 heterocycles. The number of thioether (sulfide) groups is 1. The van der Waals surface area contributed by atoms with Gasteiger partial charge in [0.25, 0.3) is 10.0 Å². The van der Waals surface area contributed by atoms with E-state index < -0.39 is 15.3 Å². The molecule has 0 spiro atoms. The molecule has 1 aliphatic heterocycles. The van der Waals surface area contributed by atoms with Crippen LogP contribution in [-0.4, -0.2) is 41.6 Å². The Morgan fingerprint density at radius 1 is 1.09 bits per heavy atom. The van der Waals surface area contributed by atoms with Crippen LogP contribution in [0, 0.1) is 0 Å². The largest absolute Gasteiger partial charge is 0.326 e. The molecular weight excluding hydrogens is 506 g/mol. The van der Waals surface area contributed by atoms with Crippen LogP contribution in [0.15, 0.2) is 57.8 Å². The molecule has 35 heavy (non-hydrogen) atoms. The number of amides is 2. The topological polar surface area (TPSA) is 95.9 Å². The fraction of sp³-hybridized carbons (Fsp3) is 0.400. The van der Waals surface area contributed by atoms with Gasteiger partial charge >= 0.3 is 0 Å². The fourth-order valence-electron chi connectivity index (χ4n) is 4.32. The normalized spacial score (nSPS) is 20.4. The zero-order valence-electron chi connectivity index (χ0n) is 19.4. The summed E-state index contributed by atoms with van der Waals surface area (Å²) in [6.45, 7) is 2.00. The van der Waals surface area contributed by atoms with Crippen molar-refractivity contribution in [3.05, 3.63) is 59.1 Å². The minimum atomic E-state index is -4.01. The van der Waals surface area contributed by atoms with Gasteiger partial charge in [-0.25, -0.2) is 0 Å². The molecule has 1 unspecified atom stereocenters. The Morgan fingerprint density at radius 2 is 1.74 bits per heavy atom. The molecule has 2 aliphatic rings. The average Bonchev–Trinajstić information content (AvgIpc) is 3.14. The van der Waals surface area contributed by atoms with Crippen molar-refractivity contribution in [2.75, 3.05) is 5.32 Å². The summed E-state index contributed by atoms with van der Waals surface area (Å²) in [7, 11) is -4.01. The lowest BCUT2D eigenvalue weighted by Gasteiger charge is -2.30. The Kier molecular flexibility index (Phi) is 8.19. The van der Waals surface area contributed by atoms with Crippen LogP contribution in [0.4, 0.5) is 5.69 Å². The molecule has 10 heteroatoms. The van der Waals surface area contributed by atoms with Crippen molar-refractivity contribution in [1.82, 2.24) is 4.90 Å². The monoisotopic (exact) mass is 533 g/mol. The highest BCUT2D eigenvalue weighted by Gasteiger charge is 2.43. The van der Waals surface area contributed by atoms with Gasteiger partial charge < -0.3 is 5.32 Å². The van der Waals surface area contributed by atoms with E-state index in [0.717, 1.165) is 55.9 Å². The molecule has 1 saturated heterocycles. The molecule has 4 rings (SSSR count). The first-order valence-corrected chi connectivity index (χ1v) is 14.5. The second kappa shape index (κ2) is 11.1. The van der Waals surface area contributed by atoms with E-state index in [2.05, 4.69) is 9.71 Å². The number of rotatable bonds is 7. The first-order valence-electron chi connectivity index (χ1n) is 11.8. The zero-order chi connectivity index (χ0) is 25.0. The molecule has 0 radical (unpaired) electrons. The van der Waals surface area contributed by atoms with Gasteiger partial charge in [-0.2, -0.15) is 8.42 Å². The first-order chi connectivity index (χ1) is 16.8. The summed E-state index contributed by atoms with van der Waals surface area (Å²) in [4.78, 5) is 27.7. The smallest absolute Gasteiger partial charge is 0.284 e. The number of carbonyl (C=O) groups is 2. The summed E-state index contributed by atoms with van der Waals surface area (Å²) in [5.74, 6) is -0.593. The van der Waals surface area contributed by atoms with Crippen LogP contribution < -0.4 is 5.32 Å². The quantitative estimate of drug-likeness (QED) is 0.524. The van der Waals surface area contributed by atoms with Gasteiger partial charge in [-0.05, 0) is 61.2 Å². The van der Waals surface area contributed by atoms with Crippen molar-refractivity contribution in [3.63, 3.8) is 0 Å². The van der Waals surface area contributed by atoms with Crippen LogP contribution in [0.3, 0.4) is 0 Å². The maximum Gasteiger partial charge on any atom is 0.284 e. The van der Waals surface area contributed by atoms with Gasteiger partial charge in [0.15, 0.2) is 5.17 Å². The summed E-state index contributed by atoms with van der Waals surface area (Å²) in [5.41, 5.74) is 1.60. The predicted molar refractivity (Wildman–Crippen MR) is 140 cm³/mol. The summed E-state index contributed by atoms with van der Waals surface area (Å²) in [6.07, 6.45) is 5.33. The van der Waals surface area contributed by atoms with E-state index in [1.807, 2.05) is 6.92 Å². The van der Waals surface area contributed by atoms with Crippen molar-refractivity contribution >= 4 is 56.1 Å². The van der Waals surface area contributed by atoms with Crippen molar-refractivity contribution in [1.29, 1.82) is 0 Å². The number of nitrogens with one attached hydrogen (secondary N) is 1. The number of anilines is 1. The standard InChI is InChI=1S/C25H28ClN3O4S2/c1-2-17-8-14-21(15-9-17)35(32,33)28-25-29(20-6-4-3-5-7-20)24(31)22(34-25)16-23(30)27-19-12-10-18(26)11-13-19/h8-15,20,22H,2-7,16H2,1H3,(H,27,30). The number of carbonyl (C=O) groups excluding carboxylic acids is 2. The van der Waals surface area contributed by atoms with Gasteiger partial charge in [0.1, 0.15) is 5.25 Å². The van der Waals surface area contributed by atoms with Gasteiger partial charge in [-0.15, -0.1) is 4.40 Å². The number of hydrogen-bond acceptors (Lipinski definition) is 5. The fourth-order valence-corrected chi connectivity index (χ4v) is 6.85. The summed E-state index contributed by atoms with van der Waals surface area (Å²) in [5, 5.41) is 2.75. The zero-order valence-corrected chi connectivity index (χ0v) is 21.8. The van der Waals surface area contributed by atoms with Gasteiger partial charge in [-0.1, -0.05) is 61.7 Å². The number of nitrogens with zero attached hydrogens (tertiary/aromatic N) is 2. The van der Waals surface area contributed by atoms with E-state index in [9.17, 15) is 18.0 Å². The molecule has 0 bridgehead atoms. The SMILES string of the molecule is CCc1ccc(S(=O)(=O)N=C2SC(CC(=O)Nc3ccc(Cl)cc3)C(=O)N2C2CCCCC2)cc1. The van der Waals surface area contributed by atoms with Crippen molar-refractivity contribution in [3.8, 4) is 0 Å². The summed E-state index contributed by atoms with van der Waals surface area (Å²) >= 11 is 6.95. The minimum absolute atomic E-state index is 0.0837. The van der Waals surface area contributed by atoms with Crippen molar-refractivity contribution < 1.29 is 18.0 Å². The highest BCUT2D eigenvalue weighted by Crippen LogP contribution is 2.36. The maximum absolute atomic E-state index is 13.4. The second-order valence-electron chi connectivity index (χ2n) is 8.71. The molecule has 1 atom stereocenters. The number of halogens is 1. The molecule has 2 amide bonds. The Labute approximate surface area is 215 Å². The maximum atomic E-state index is 13.4. The van der Waals surface area contributed by atoms with Gasteiger partial charge in [-0.3, -0.25) is 14.5 Å². The van der Waals surface area contributed by atoms with E-state index in [1.54, 1.807) is 48.5 Å². The van der Waals surface area contributed by atoms with Crippen LogP contribution in [0.25, 0.3) is 0 Å². The molecule has 186 valence electrons. The van der Waals surface area contributed by atoms with E-state index >= 15 is 0 Å². The Balaban J connectivity index is 1.57. The summed E-state index contributed by atoms with van der Waals surface area (Å²) in [6, 6.07) is 13.2. The van der Waals surface area contributed by atoms with E-state index in [0.29, 0.717) is 10.7 Å². The van der Waals surface area contributed by atoms with Crippen LogP contribution in [-0.2, 0) is 26.0 Å².